The van der Waals surface area contributed by atoms with Gasteiger partial charge in [-0.3, -0.25) is 9.59 Å². The summed E-state index contributed by atoms with van der Waals surface area (Å²) in [7, 11) is 0. The van der Waals surface area contributed by atoms with E-state index in [1.165, 1.54) is 38.2 Å². The number of benzene rings is 8. The van der Waals surface area contributed by atoms with Gasteiger partial charge in [0.2, 0.25) is 0 Å². The molecule has 0 aromatic heterocycles. The molecule has 0 fully saturated rings. The maximum absolute atomic E-state index is 13.7. The summed E-state index contributed by atoms with van der Waals surface area (Å²) < 4.78 is 0. The van der Waals surface area contributed by atoms with E-state index in [9.17, 15) is 9.59 Å². The zero-order valence-corrected chi connectivity index (χ0v) is 33.2. The maximum atomic E-state index is 13.7. The van der Waals surface area contributed by atoms with Crippen molar-refractivity contribution in [2.24, 2.45) is 0 Å². The van der Waals surface area contributed by atoms with Gasteiger partial charge in [-0.2, -0.15) is 0 Å². The lowest BCUT2D eigenvalue weighted by molar-refractivity contribution is 0.0990. The average Bonchev–Trinajstić information content (AvgIpc) is 3.65. The number of ketones is 2. The van der Waals surface area contributed by atoms with Crippen LogP contribution in [-0.2, 0) is 10.8 Å². The molecular formula is C54H43NO2. The Bertz CT molecular complexity index is 2930. The molecule has 276 valence electrons. The molecule has 0 aliphatic heterocycles. The smallest absolute Gasteiger partial charge is 0.197 e. The second kappa shape index (κ2) is 12.5. The Hall–Kier alpha value is -6.58. The first-order valence-corrected chi connectivity index (χ1v) is 19.8. The van der Waals surface area contributed by atoms with Gasteiger partial charge < -0.3 is 4.90 Å². The van der Waals surface area contributed by atoms with Crippen LogP contribution in [0.5, 0.6) is 0 Å². The van der Waals surface area contributed by atoms with Crippen LogP contribution in [0.15, 0.2) is 151 Å². The Morgan fingerprint density at radius 3 is 1.54 bits per heavy atom. The van der Waals surface area contributed by atoms with Crippen molar-refractivity contribution >= 4 is 67.0 Å². The van der Waals surface area contributed by atoms with Gasteiger partial charge in [-0.15, -0.1) is 0 Å². The van der Waals surface area contributed by atoms with Crippen molar-refractivity contribution in [1.82, 2.24) is 0 Å². The largest absolute Gasteiger partial charge is 0.309 e. The number of allylic oxidation sites excluding steroid dienone is 1. The summed E-state index contributed by atoms with van der Waals surface area (Å²) in [6, 6.07) is 51.4. The summed E-state index contributed by atoms with van der Waals surface area (Å²) in [5.41, 5.74) is 12.6. The van der Waals surface area contributed by atoms with E-state index in [1.807, 2.05) is 42.5 Å². The van der Waals surface area contributed by atoms with E-state index >= 15 is 0 Å². The Morgan fingerprint density at radius 1 is 0.456 bits per heavy atom. The summed E-state index contributed by atoms with van der Waals surface area (Å²) in [6.07, 6.45) is 1.78. The van der Waals surface area contributed by atoms with Crippen LogP contribution in [0.25, 0.3) is 60.6 Å². The molecule has 0 atom stereocenters. The highest BCUT2D eigenvalue weighted by molar-refractivity contribution is 6.42. The molecule has 0 spiro atoms. The summed E-state index contributed by atoms with van der Waals surface area (Å²) in [5, 5.41) is 6.64. The van der Waals surface area contributed by atoms with Crippen LogP contribution in [0.4, 0.5) is 17.1 Å². The third kappa shape index (κ3) is 5.48. The fourth-order valence-electron chi connectivity index (χ4n) is 8.98. The normalized spacial score (nSPS) is 13.5. The van der Waals surface area contributed by atoms with Crippen molar-refractivity contribution in [3.63, 3.8) is 0 Å². The SMILES string of the molecule is CC(C)(C)c1ccc(N(c2ccc(C(C)(C)C)cc2)c2c3ccccc3c3c4c(cccc24)-c2cc(C=C4C(=O)c5cc6ccccc6cc5C4=O)ccc2-3)cc1. The van der Waals surface area contributed by atoms with E-state index in [0.717, 1.165) is 50.1 Å². The quantitative estimate of drug-likeness (QED) is 0.103. The molecule has 0 bridgehead atoms. The highest BCUT2D eigenvalue weighted by atomic mass is 16.2. The Labute approximate surface area is 333 Å². The zero-order chi connectivity index (χ0) is 39.4. The number of carbonyl (C=O) groups is 2. The molecule has 8 aromatic rings. The highest BCUT2D eigenvalue weighted by Crippen LogP contribution is 2.55. The molecule has 3 nitrogen and oxygen atoms in total. The molecule has 0 N–H and O–H groups in total. The van der Waals surface area contributed by atoms with Crippen molar-refractivity contribution in [3.8, 4) is 22.3 Å². The number of hydrogen-bond donors (Lipinski definition) is 0. The lowest BCUT2D eigenvalue weighted by Crippen LogP contribution is -2.15. The molecule has 3 heteroatoms. The van der Waals surface area contributed by atoms with Gasteiger partial charge in [-0.1, -0.05) is 145 Å². The van der Waals surface area contributed by atoms with Gasteiger partial charge in [0.1, 0.15) is 0 Å². The molecule has 8 aromatic carbocycles. The summed E-state index contributed by atoms with van der Waals surface area (Å²) in [6.45, 7) is 13.5. The van der Waals surface area contributed by atoms with Crippen LogP contribution in [0.1, 0.15) is 78.9 Å². The number of anilines is 3. The van der Waals surface area contributed by atoms with Crippen molar-refractivity contribution < 1.29 is 9.59 Å². The Balaban J connectivity index is 1.16. The predicted molar refractivity (Wildman–Crippen MR) is 239 cm³/mol. The molecule has 57 heavy (non-hydrogen) atoms. The minimum Gasteiger partial charge on any atom is -0.309 e. The highest BCUT2D eigenvalue weighted by Gasteiger charge is 2.34. The molecule has 0 saturated heterocycles. The number of nitrogens with zero attached hydrogens (tertiary/aromatic N) is 1. The zero-order valence-electron chi connectivity index (χ0n) is 33.2. The van der Waals surface area contributed by atoms with Gasteiger partial charge in [0, 0.05) is 38.7 Å². The molecule has 0 saturated carbocycles. The van der Waals surface area contributed by atoms with Gasteiger partial charge in [-0.25, -0.2) is 0 Å². The van der Waals surface area contributed by atoms with E-state index in [4.69, 9.17) is 0 Å². The molecular weight excluding hydrogens is 695 g/mol. The molecule has 0 unspecified atom stereocenters. The molecule has 2 aliphatic rings. The van der Waals surface area contributed by atoms with E-state index in [2.05, 4.69) is 150 Å². The number of Topliss-reactive ketones (excluding diaryl/α,β-unsaturated/α-hetero) is 2. The topological polar surface area (TPSA) is 37.4 Å². The minimum atomic E-state index is -0.214. The second-order valence-corrected chi connectivity index (χ2v) is 17.7. The monoisotopic (exact) mass is 737 g/mol. The Kier molecular flexibility index (Phi) is 7.63. The van der Waals surface area contributed by atoms with Crippen molar-refractivity contribution in [1.29, 1.82) is 0 Å². The van der Waals surface area contributed by atoms with Gasteiger partial charge in [0.05, 0.1) is 11.3 Å². The number of fused-ring (bicyclic) bond motifs is 7. The van der Waals surface area contributed by atoms with E-state index in [-0.39, 0.29) is 28.0 Å². The van der Waals surface area contributed by atoms with Crippen molar-refractivity contribution in [2.45, 2.75) is 52.4 Å². The molecule has 0 amide bonds. The first-order valence-electron chi connectivity index (χ1n) is 19.8. The third-order valence-electron chi connectivity index (χ3n) is 12.0. The summed E-state index contributed by atoms with van der Waals surface area (Å²) in [4.78, 5) is 29.9. The van der Waals surface area contributed by atoms with Crippen LogP contribution in [-0.4, -0.2) is 11.6 Å². The summed E-state index contributed by atoms with van der Waals surface area (Å²) >= 11 is 0. The van der Waals surface area contributed by atoms with E-state index < -0.39 is 0 Å². The fraction of sp³-hybridized carbons (Fsp3) is 0.148. The predicted octanol–water partition coefficient (Wildman–Crippen LogP) is 14.3. The van der Waals surface area contributed by atoms with Crippen LogP contribution in [0.2, 0.25) is 0 Å². The number of rotatable bonds is 4. The van der Waals surface area contributed by atoms with Gasteiger partial charge in [-0.05, 0) is 114 Å². The maximum Gasteiger partial charge on any atom is 0.197 e. The number of hydrogen-bond acceptors (Lipinski definition) is 3. The average molecular weight is 738 g/mol. The molecule has 10 rings (SSSR count). The minimum absolute atomic E-state index is 0.0317. The van der Waals surface area contributed by atoms with Crippen LogP contribution >= 0.6 is 0 Å². The first-order chi connectivity index (χ1) is 27.4. The second-order valence-electron chi connectivity index (χ2n) is 17.7. The third-order valence-corrected chi connectivity index (χ3v) is 12.0. The van der Waals surface area contributed by atoms with Gasteiger partial charge in [0.15, 0.2) is 11.6 Å². The Morgan fingerprint density at radius 2 is 0.982 bits per heavy atom. The molecule has 0 radical (unpaired) electrons. The lowest BCUT2D eigenvalue weighted by atomic mass is 9.86. The standard InChI is InChI=1S/C54H43NO2/c1-53(2,3)35-19-23-37(24-20-35)55(38-25-21-36(22-26-38)54(4,5)6)50-42-15-10-9-14-39(42)48-41-27-18-32(28-44(41)40-16-11-17-43(50)49(40)48)29-47-51(56)45-30-33-12-7-8-13-34(33)31-46(45)52(47)57/h7-31H,1-6H3. The van der Waals surface area contributed by atoms with Gasteiger partial charge >= 0.3 is 0 Å². The summed E-state index contributed by atoms with van der Waals surface area (Å²) in [5.74, 6) is -0.429. The lowest BCUT2D eigenvalue weighted by Gasteiger charge is -2.30. The van der Waals surface area contributed by atoms with Crippen molar-refractivity contribution in [2.75, 3.05) is 4.90 Å². The molecule has 2 aliphatic carbocycles. The fourth-order valence-corrected chi connectivity index (χ4v) is 8.98. The molecule has 0 heterocycles. The first kappa shape index (κ1) is 34.9. The van der Waals surface area contributed by atoms with Crippen LogP contribution < -0.4 is 4.90 Å². The van der Waals surface area contributed by atoms with E-state index in [1.54, 1.807) is 6.08 Å². The number of carbonyl (C=O) groups excluding carboxylic acids is 2. The van der Waals surface area contributed by atoms with E-state index in [0.29, 0.717) is 11.1 Å². The van der Waals surface area contributed by atoms with Crippen molar-refractivity contribution in [3.05, 3.63) is 179 Å². The van der Waals surface area contributed by atoms with Crippen LogP contribution in [0, 0.1) is 0 Å². The van der Waals surface area contributed by atoms with Gasteiger partial charge in [0.25, 0.3) is 0 Å². The van der Waals surface area contributed by atoms with Crippen LogP contribution in [0.3, 0.4) is 0 Å².